The number of benzene rings is 2. The molecule has 0 atom stereocenters. The lowest BCUT2D eigenvalue weighted by Crippen LogP contribution is -2.10. The number of carboxylic acids is 1. The summed E-state index contributed by atoms with van der Waals surface area (Å²) in [6, 6.07) is 8.30. The number of amides is 1. The number of ketones is 1. The Bertz CT molecular complexity index is 1200. The Morgan fingerprint density at radius 2 is 1.91 bits per heavy atom. The third-order valence-corrected chi connectivity index (χ3v) is 5.55. The number of nitrogens with zero attached hydrogens (tertiary/aromatic N) is 1. The second-order valence-corrected chi connectivity index (χ2v) is 7.64. The summed E-state index contributed by atoms with van der Waals surface area (Å²) in [5.41, 5.74) is 9.44. The molecular weight excluding hydrogens is 439 g/mol. The Balaban J connectivity index is 0.000000758. The molecule has 1 heterocycles. The van der Waals surface area contributed by atoms with Crippen molar-refractivity contribution < 1.29 is 28.6 Å². The highest BCUT2D eigenvalue weighted by Crippen LogP contribution is 2.41. The summed E-state index contributed by atoms with van der Waals surface area (Å²) in [5.74, 6) is -1.06. The zero-order chi connectivity index (χ0) is 25.4. The molecule has 34 heavy (non-hydrogen) atoms. The van der Waals surface area contributed by atoms with Crippen molar-refractivity contribution in [3.8, 4) is 5.75 Å². The van der Waals surface area contributed by atoms with Crippen molar-refractivity contribution in [3.05, 3.63) is 64.1 Å². The topological polar surface area (TPSA) is 112 Å². The van der Waals surface area contributed by atoms with Crippen LogP contribution in [0.15, 0.2) is 30.3 Å². The lowest BCUT2D eigenvalue weighted by atomic mass is 10.0. The lowest BCUT2D eigenvalue weighted by molar-refractivity contribution is -0.139. The molecule has 0 aliphatic heterocycles. The summed E-state index contributed by atoms with van der Waals surface area (Å²) < 4.78 is 21.4. The van der Waals surface area contributed by atoms with Gasteiger partial charge in [-0.05, 0) is 68.0 Å². The number of aliphatic carboxylic acids is 1. The van der Waals surface area contributed by atoms with E-state index in [0.29, 0.717) is 23.2 Å². The van der Waals surface area contributed by atoms with Gasteiger partial charge in [0.05, 0.1) is 10.9 Å². The highest BCUT2D eigenvalue weighted by atomic mass is 19.1. The van der Waals surface area contributed by atoms with E-state index < -0.39 is 12.6 Å². The maximum atomic E-state index is 13.7. The normalized spacial score (nSPS) is 11.6. The van der Waals surface area contributed by atoms with Crippen LogP contribution in [0.1, 0.15) is 59.9 Å². The number of Topliss-reactive ketones (excluding diaryl/α,β-unsaturated/α-hetero) is 1. The van der Waals surface area contributed by atoms with Gasteiger partial charge in [-0.2, -0.15) is 0 Å². The molecule has 0 saturated carbocycles. The zero-order valence-corrected chi connectivity index (χ0v) is 20.0. The Morgan fingerprint density at radius 3 is 2.50 bits per heavy atom. The predicted molar refractivity (Wildman–Crippen MR) is 129 cm³/mol. The van der Waals surface area contributed by atoms with E-state index in [1.807, 2.05) is 37.5 Å². The predicted octanol–water partition coefficient (Wildman–Crippen LogP) is 4.42. The molecule has 0 unspecified atom stereocenters. The third-order valence-electron chi connectivity index (χ3n) is 5.55. The molecule has 3 aromatic rings. The number of ether oxygens (including phenoxy) is 1. The summed E-state index contributed by atoms with van der Waals surface area (Å²) in [6.07, 6.45) is 3.01. The van der Waals surface area contributed by atoms with E-state index in [4.69, 9.17) is 14.6 Å². The summed E-state index contributed by atoms with van der Waals surface area (Å²) in [5, 5.41) is 9.73. The molecule has 1 aromatic heterocycles. The van der Waals surface area contributed by atoms with Crippen molar-refractivity contribution >= 4 is 29.1 Å². The van der Waals surface area contributed by atoms with Crippen molar-refractivity contribution in [1.82, 2.24) is 4.57 Å². The molecule has 1 aliphatic rings. The minimum Gasteiger partial charge on any atom is -0.481 e. The number of hydrogen-bond acceptors (Lipinski definition) is 4. The maximum absolute atomic E-state index is 13.7. The quantitative estimate of drug-likeness (QED) is 0.409. The van der Waals surface area contributed by atoms with Gasteiger partial charge < -0.3 is 20.1 Å². The fourth-order valence-corrected chi connectivity index (χ4v) is 4.42. The number of rotatable bonds is 6. The second kappa shape index (κ2) is 12.0. The summed E-state index contributed by atoms with van der Waals surface area (Å²) in [4.78, 5) is 32.2. The Hall–Kier alpha value is -3.68. The Kier molecular flexibility index (Phi) is 9.36. The highest BCUT2D eigenvalue weighted by molar-refractivity contribution is 6.11. The van der Waals surface area contributed by atoms with Crippen LogP contribution in [0.4, 0.5) is 4.39 Å². The van der Waals surface area contributed by atoms with Gasteiger partial charge in [-0.15, -0.1) is 0 Å². The van der Waals surface area contributed by atoms with Crippen molar-refractivity contribution in [2.24, 2.45) is 5.73 Å². The van der Waals surface area contributed by atoms with Crippen LogP contribution < -0.4 is 10.5 Å². The summed E-state index contributed by atoms with van der Waals surface area (Å²) >= 11 is 0. The molecule has 3 N–H and O–H groups in total. The number of aryl methyl sites for hydroxylation is 2. The van der Waals surface area contributed by atoms with E-state index in [1.165, 1.54) is 19.1 Å². The number of halogens is 1. The van der Waals surface area contributed by atoms with E-state index in [2.05, 4.69) is 5.73 Å². The molecule has 7 nitrogen and oxygen atoms in total. The molecule has 0 bridgehead atoms. The van der Waals surface area contributed by atoms with Gasteiger partial charge in [-0.25, -0.2) is 9.18 Å². The van der Waals surface area contributed by atoms with Gasteiger partial charge in [0.25, 0.3) is 0 Å². The fraction of sp³-hybridized carbons (Fsp3) is 0.346. The van der Waals surface area contributed by atoms with Gasteiger partial charge in [0.2, 0.25) is 6.41 Å². The fourth-order valence-electron chi connectivity index (χ4n) is 4.42. The highest BCUT2D eigenvalue weighted by Gasteiger charge is 2.27. The second-order valence-electron chi connectivity index (χ2n) is 7.64. The first-order valence-electron chi connectivity index (χ1n) is 11.2. The number of hydrogen-bond donors (Lipinski definition) is 2. The number of carbonyl (C=O) groups excluding carboxylic acids is 2. The number of primary amides is 1. The van der Waals surface area contributed by atoms with Crippen LogP contribution in [0.2, 0.25) is 0 Å². The molecule has 2 aromatic carbocycles. The van der Waals surface area contributed by atoms with Crippen molar-refractivity contribution in [1.29, 1.82) is 0 Å². The third kappa shape index (κ3) is 5.62. The van der Waals surface area contributed by atoms with Gasteiger partial charge in [-0.1, -0.05) is 26.0 Å². The zero-order valence-electron chi connectivity index (χ0n) is 20.0. The van der Waals surface area contributed by atoms with Gasteiger partial charge >= 0.3 is 5.97 Å². The van der Waals surface area contributed by atoms with Gasteiger partial charge in [0.1, 0.15) is 11.6 Å². The number of fused-ring (bicyclic) bond motifs is 3. The van der Waals surface area contributed by atoms with Crippen molar-refractivity contribution in [2.45, 2.75) is 53.5 Å². The molecule has 182 valence electrons. The van der Waals surface area contributed by atoms with Crippen molar-refractivity contribution in [3.63, 3.8) is 0 Å². The molecule has 0 saturated heterocycles. The lowest BCUT2D eigenvalue weighted by Gasteiger charge is -2.14. The molecule has 0 radical (unpaired) electrons. The van der Waals surface area contributed by atoms with E-state index >= 15 is 0 Å². The average Bonchev–Trinajstić information content (AvgIpc) is 3.36. The van der Waals surface area contributed by atoms with Gasteiger partial charge in [0.15, 0.2) is 12.4 Å². The van der Waals surface area contributed by atoms with Crippen LogP contribution in [0.25, 0.3) is 10.9 Å². The monoisotopic (exact) mass is 470 g/mol. The number of aromatic nitrogens is 1. The van der Waals surface area contributed by atoms with Crippen LogP contribution in [0.3, 0.4) is 0 Å². The largest absolute Gasteiger partial charge is 0.481 e. The van der Waals surface area contributed by atoms with Crippen LogP contribution in [-0.2, 0) is 29.0 Å². The first-order chi connectivity index (χ1) is 16.3. The van der Waals surface area contributed by atoms with E-state index in [0.717, 1.165) is 47.2 Å². The average molecular weight is 471 g/mol. The first-order valence-corrected chi connectivity index (χ1v) is 11.2. The molecule has 0 fully saturated rings. The minimum atomic E-state index is -1.07. The number of carbonyl (C=O) groups is 3. The Morgan fingerprint density at radius 1 is 1.24 bits per heavy atom. The van der Waals surface area contributed by atoms with E-state index in [-0.39, 0.29) is 18.0 Å². The molecule has 8 heteroatoms. The molecule has 1 aliphatic carbocycles. The minimum absolute atomic E-state index is 0.108. The molecule has 4 rings (SSSR count). The van der Waals surface area contributed by atoms with E-state index in [9.17, 15) is 14.0 Å². The summed E-state index contributed by atoms with van der Waals surface area (Å²) in [7, 11) is 0. The smallest absolute Gasteiger partial charge is 0.341 e. The van der Waals surface area contributed by atoms with Crippen LogP contribution >= 0.6 is 0 Å². The molecular formula is C26H31FN2O5. The van der Waals surface area contributed by atoms with Gasteiger partial charge in [0, 0.05) is 17.8 Å². The SMILES string of the molecule is CC.CC(=O)c1c(C)n(Cc2cccc(F)c2)c2c3c(cc(OCC(=O)O)c12)CCC3.NC=O. The number of nitrogens with two attached hydrogens (primary N) is 1. The van der Waals surface area contributed by atoms with Crippen LogP contribution in [0.5, 0.6) is 5.75 Å². The van der Waals surface area contributed by atoms with E-state index in [1.54, 1.807) is 6.07 Å². The standard InChI is InChI=1S/C23H22FNO4.C2H6.CH3NO/c1-13-21(14(2)26)22-19(29-12-20(27)28)10-16-6-4-8-18(16)23(22)25(13)11-15-5-3-7-17(24)9-15;1-2;2-1-3/h3,5,7,9-10H,4,6,8,11-12H2,1-2H3,(H,27,28);1-2H3;1H,(H2,2,3). The molecule has 1 amide bonds. The summed E-state index contributed by atoms with van der Waals surface area (Å²) in [6.45, 7) is 7.32. The molecule has 0 spiro atoms. The number of carboxylic acid groups (broad SMARTS) is 1. The maximum Gasteiger partial charge on any atom is 0.341 e. The Labute approximate surface area is 198 Å². The van der Waals surface area contributed by atoms with Gasteiger partial charge in [-0.3, -0.25) is 9.59 Å². The first kappa shape index (κ1) is 26.6. The van der Waals surface area contributed by atoms with Crippen LogP contribution in [0, 0.1) is 12.7 Å². The van der Waals surface area contributed by atoms with Crippen molar-refractivity contribution in [2.75, 3.05) is 6.61 Å². The van der Waals surface area contributed by atoms with Crippen LogP contribution in [-0.4, -0.2) is 34.4 Å².